The lowest BCUT2D eigenvalue weighted by Gasteiger charge is -2.15. The van der Waals surface area contributed by atoms with Gasteiger partial charge in [0.2, 0.25) is 0 Å². The third-order valence-electron chi connectivity index (χ3n) is 10.2. The van der Waals surface area contributed by atoms with Crippen LogP contribution in [0.2, 0.25) is 0 Å². The molecule has 0 aromatic rings. The lowest BCUT2D eigenvalue weighted by atomic mass is 10.0. The molecular formula is C48H88O5. The second kappa shape index (κ2) is 44.5. The van der Waals surface area contributed by atoms with Crippen LogP contribution in [0.3, 0.4) is 0 Å². The molecule has 310 valence electrons. The van der Waals surface area contributed by atoms with E-state index in [0.29, 0.717) is 12.8 Å². The Labute approximate surface area is 329 Å². The second-order valence-electron chi connectivity index (χ2n) is 15.5. The molecule has 0 spiro atoms. The van der Waals surface area contributed by atoms with E-state index in [2.05, 4.69) is 50.3 Å². The van der Waals surface area contributed by atoms with E-state index in [1.165, 1.54) is 161 Å². The highest BCUT2D eigenvalue weighted by Crippen LogP contribution is 2.15. The summed E-state index contributed by atoms with van der Waals surface area (Å²) in [4.78, 5) is 24.3. The predicted molar refractivity (Wildman–Crippen MR) is 228 cm³/mol. The minimum Gasteiger partial charge on any atom is -0.462 e. The molecule has 0 saturated carbocycles. The Bertz CT molecular complexity index is 847. The molecule has 0 aliphatic heterocycles. The second-order valence-corrected chi connectivity index (χ2v) is 15.5. The molecule has 1 atom stereocenters. The van der Waals surface area contributed by atoms with Gasteiger partial charge in [0, 0.05) is 12.8 Å². The number of unbranched alkanes of at least 4 members (excludes halogenated alkanes) is 28. The number of carbonyl (C=O) groups is 2. The van der Waals surface area contributed by atoms with Gasteiger partial charge in [0.1, 0.15) is 6.61 Å². The molecule has 53 heavy (non-hydrogen) atoms. The lowest BCUT2D eigenvalue weighted by molar-refractivity contribution is -0.161. The van der Waals surface area contributed by atoms with Gasteiger partial charge in [-0.15, -0.1) is 0 Å². The van der Waals surface area contributed by atoms with Gasteiger partial charge in [-0.3, -0.25) is 9.59 Å². The lowest BCUT2D eigenvalue weighted by Crippen LogP contribution is -2.28. The van der Waals surface area contributed by atoms with Gasteiger partial charge >= 0.3 is 11.9 Å². The van der Waals surface area contributed by atoms with Gasteiger partial charge in [0.15, 0.2) is 6.10 Å². The summed E-state index contributed by atoms with van der Waals surface area (Å²) in [7, 11) is 0. The van der Waals surface area contributed by atoms with Crippen molar-refractivity contribution in [3.05, 3.63) is 36.5 Å². The number of ether oxygens (including phenoxy) is 2. The highest BCUT2D eigenvalue weighted by Gasteiger charge is 2.16. The maximum absolute atomic E-state index is 12.2. The quantitative estimate of drug-likeness (QED) is 0.0383. The summed E-state index contributed by atoms with van der Waals surface area (Å²) in [5.74, 6) is -0.585. The molecule has 0 saturated heterocycles. The van der Waals surface area contributed by atoms with Crippen LogP contribution >= 0.6 is 0 Å². The number of hydrogen-bond donors (Lipinski definition) is 1. The molecule has 0 aromatic carbocycles. The number of hydrogen-bond acceptors (Lipinski definition) is 5. The van der Waals surface area contributed by atoms with Crippen molar-refractivity contribution < 1.29 is 24.2 Å². The summed E-state index contributed by atoms with van der Waals surface area (Å²) in [6, 6.07) is 0. The fourth-order valence-corrected chi connectivity index (χ4v) is 6.68. The zero-order chi connectivity index (χ0) is 38.6. The van der Waals surface area contributed by atoms with Crippen molar-refractivity contribution in [2.75, 3.05) is 13.2 Å². The molecule has 5 nitrogen and oxygen atoms in total. The monoisotopic (exact) mass is 745 g/mol. The molecule has 0 fully saturated rings. The third kappa shape index (κ3) is 42.7. The number of aliphatic hydroxyl groups is 1. The van der Waals surface area contributed by atoms with Crippen LogP contribution in [0.4, 0.5) is 0 Å². The van der Waals surface area contributed by atoms with Crippen LogP contribution < -0.4 is 0 Å². The highest BCUT2D eigenvalue weighted by atomic mass is 16.6. The third-order valence-corrected chi connectivity index (χ3v) is 10.2. The highest BCUT2D eigenvalue weighted by molar-refractivity contribution is 5.70. The van der Waals surface area contributed by atoms with Crippen LogP contribution in [0.1, 0.15) is 239 Å². The maximum atomic E-state index is 12.2. The zero-order valence-corrected chi connectivity index (χ0v) is 35.3. The topological polar surface area (TPSA) is 72.8 Å². The summed E-state index contributed by atoms with van der Waals surface area (Å²) in [6.45, 7) is 4.14. The molecule has 5 heteroatoms. The Morgan fingerprint density at radius 2 is 0.755 bits per heavy atom. The van der Waals surface area contributed by atoms with E-state index in [9.17, 15) is 14.7 Å². The smallest absolute Gasteiger partial charge is 0.306 e. The first-order valence-corrected chi connectivity index (χ1v) is 23.0. The first-order chi connectivity index (χ1) is 26.1. The largest absolute Gasteiger partial charge is 0.462 e. The minimum atomic E-state index is -0.768. The van der Waals surface area contributed by atoms with Crippen molar-refractivity contribution in [3.8, 4) is 0 Å². The van der Waals surface area contributed by atoms with E-state index in [0.717, 1.165) is 51.4 Å². The Morgan fingerprint density at radius 3 is 1.13 bits per heavy atom. The van der Waals surface area contributed by atoms with Crippen molar-refractivity contribution in [1.29, 1.82) is 0 Å². The summed E-state index contributed by atoms with van der Waals surface area (Å²) in [6.07, 6.45) is 55.1. The maximum Gasteiger partial charge on any atom is 0.306 e. The molecule has 0 amide bonds. The minimum absolute atomic E-state index is 0.0628. The fraction of sp³-hybridized carbons (Fsp3) is 0.833. The van der Waals surface area contributed by atoms with Gasteiger partial charge in [-0.1, -0.05) is 211 Å². The molecule has 0 aliphatic rings. The van der Waals surface area contributed by atoms with E-state index in [4.69, 9.17) is 9.47 Å². The average molecular weight is 745 g/mol. The summed E-state index contributed by atoms with van der Waals surface area (Å²) < 4.78 is 10.6. The van der Waals surface area contributed by atoms with Crippen molar-refractivity contribution in [2.45, 2.75) is 245 Å². The normalized spacial score (nSPS) is 12.4. The van der Waals surface area contributed by atoms with E-state index in [1.54, 1.807) is 0 Å². The molecular weight excluding hydrogens is 657 g/mol. The van der Waals surface area contributed by atoms with Gasteiger partial charge < -0.3 is 14.6 Å². The molecule has 1 N–H and O–H groups in total. The molecule has 0 aromatic heterocycles. The molecule has 0 heterocycles. The van der Waals surface area contributed by atoms with Gasteiger partial charge in [0.25, 0.3) is 0 Å². The first kappa shape index (κ1) is 51.1. The molecule has 0 rings (SSSR count). The van der Waals surface area contributed by atoms with E-state index in [-0.39, 0.29) is 25.2 Å². The van der Waals surface area contributed by atoms with Crippen LogP contribution in [0, 0.1) is 0 Å². The van der Waals surface area contributed by atoms with Crippen LogP contribution in [0.25, 0.3) is 0 Å². The van der Waals surface area contributed by atoms with Crippen molar-refractivity contribution in [3.63, 3.8) is 0 Å². The Morgan fingerprint density at radius 1 is 0.434 bits per heavy atom. The number of esters is 2. The predicted octanol–water partition coefficient (Wildman–Crippen LogP) is 14.8. The summed E-state index contributed by atoms with van der Waals surface area (Å²) >= 11 is 0. The van der Waals surface area contributed by atoms with E-state index in [1.807, 2.05) is 0 Å². The summed E-state index contributed by atoms with van der Waals surface area (Å²) in [5, 5.41) is 9.58. The molecule has 0 aliphatic carbocycles. The van der Waals surface area contributed by atoms with Crippen LogP contribution in [-0.2, 0) is 19.1 Å². The standard InChI is InChI=1S/C48H88O5/c1-3-5-7-9-11-13-15-17-18-19-20-21-22-23-24-25-26-27-28-29-30-31-33-35-37-39-41-43-48(51)53-46(44-49)45-52-47(50)42-40-38-36-34-32-16-14-12-10-8-6-4-2/h15,17,19-20,22-23,46,49H,3-14,16,18,21,24-45H2,1-2H3/b17-15-,20-19-,23-22-. The fourth-order valence-electron chi connectivity index (χ4n) is 6.68. The number of aliphatic hydroxyl groups excluding tert-OH is 1. The molecule has 0 radical (unpaired) electrons. The first-order valence-electron chi connectivity index (χ1n) is 23.0. The van der Waals surface area contributed by atoms with Gasteiger partial charge in [-0.25, -0.2) is 0 Å². The summed E-state index contributed by atoms with van der Waals surface area (Å²) in [5.41, 5.74) is 0. The van der Waals surface area contributed by atoms with Crippen LogP contribution in [-0.4, -0.2) is 36.4 Å². The van der Waals surface area contributed by atoms with E-state index < -0.39 is 6.10 Å². The number of rotatable bonds is 42. The van der Waals surface area contributed by atoms with Crippen molar-refractivity contribution in [2.24, 2.45) is 0 Å². The Kier molecular flexibility index (Phi) is 42.9. The van der Waals surface area contributed by atoms with Crippen molar-refractivity contribution in [1.82, 2.24) is 0 Å². The van der Waals surface area contributed by atoms with Crippen LogP contribution in [0.5, 0.6) is 0 Å². The van der Waals surface area contributed by atoms with Gasteiger partial charge in [-0.05, 0) is 51.4 Å². The SMILES string of the molecule is CCCCCCC/C=C\C/C=C\C/C=C\CCCCCCCCCCCCCCC(=O)OC(CO)COC(=O)CCCCCCCCCCCCCC. The average Bonchev–Trinajstić information content (AvgIpc) is 3.16. The Hall–Kier alpha value is -1.88. The van der Waals surface area contributed by atoms with Crippen LogP contribution in [0.15, 0.2) is 36.5 Å². The van der Waals surface area contributed by atoms with Crippen molar-refractivity contribution >= 4 is 11.9 Å². The number of allylic oxidation sites excluding steroid dienone is 6. The Balaban J connectivity index is 3.49. The van der Waals surface area contributed by atoms with Gasteiger partial charge in [0.05, 0.1) is 6.61 Å². The van der Waals surface area contributed by atoms with E-state index >= 15 is 0 Å². The molecule has 1 unspecified atom stereocenters. The zero-order valence-electron chi connectivity index (χ0n) is 35.3. The molecule has 0 bridgehead atoms. The number of carbonyl (C=O) groups excluding carboxylic acids is 2. The van der Waals surface area contributed by atoms with Gasteiger partial charge in [-0.2, -0.15) is 0 Å².